The second-order valence-electron chi connectivity index (χ2n) is 6.87. The van der Waals surface area contributed by atoms with Crippen molar-refractivity contribution in [2.75, 3.05) is 0 Å². The molecule has 1 aliphatic rings. The molecule has 0 bridgehead atoms. The van der Waals surface area contributed by atoms with Gasteiger partial charge in [-0.2, -0.15) is 0 Å². The van der Waals surface area contributed by atoms with Crippen LogP contribution in [0.1, 0.15) is 76.0 Å². The smallest absolute Gasteiger partial charge is 0.0793 e. The predicted molar refractivity (Wildman–Crippen MR) is 76.7 cm³/mol. The molecule has 1 heteroatoms. The Kier molecular flexibility index (Phi) is 4.11. The van der Waals surface area contributed by atoms with Gasteiger partial charge in [0, 0.05) is 0 Å². The Balaban J connectivity index is 2.07. The maximum atomic E-state index is 10.4. The number of aliphatic hydroxyl groups excluding tert-OH is 1. The number of aliphatic hydroxyl groups is 1. The van der Waals surface area contributed by atoms with Gasteiger partial charge in [0.2, 0.25) is 0 Å². The van der Waals surface area contributed by atoms with Crippen molar-refractivity contribution in [2.24, 2.45) is 5.41 Å². The van der Waals surface area contributed by atoms with Gasteiger partial charge in [-0.05, 0) is 48.1 Å². The molecule has 1 aromatic rings. The summed E-state index contributed by atoms with van der Waals surface area (Å²) in [4.78, 5) is 0. The molecule has 0 radical (unpaired) electrons. The summed E-state index contributed by atoms with van der Waals surface area (Å²) in [5.74, 6) is 0.700. The van der Waals surface area contributed by atoms with E-state index in [9.17, 15) is 5.11 Å². The summed E-state index contributed by atoms with van der Waals surface area (Å²) in [6, 6.07) is 8.48. The van der Waals surface area contributed by atoms with Crippen LogP contribution < -0.4 is 0 Å². The van der Waals surface area contributed by atoms with Gasteiger partial charge in [-0.25, -0.2) is 0 Å². The Labute approximate surface area is 111 Å². The fraction of sp³-hybridized carbons (Fsp3) is 0.647. The van der Waals surface area contributed by atoms with E-state index in [1.54, 1.807) is 0 Å². The molecule has 1 atom stereocenters. The first-order valence-electron chi connectivity index (χ1n) is 7.24. The molecule has 0 amide bonds. The van der Waals surface area contributed by atoms with Gasteiger partial charge in [0.1, 0.15) is 0 Å². The van der Waals surface area contributed by atoms with Gasteiger partial charge in [0.15, 0.2) is 0 Å². The summed E-state index contributed by atoms with van der Waals surface area (Å²) in [6.07, 6.45) is 5.57. The van der Waals surface area contributed by atoms with Crippen LogP contribution in [0.25, 0.3) is 0 Å². The van der Waals surface area contributed by atoms with E-state index in [4.69, 9.17) is 0 Å². The molecule has 0 saturated heterocycles. The summed E-state index contributed by atoms with van der Waals surface area (Å²) in [6.45, 7) is 6.70. The fourth-order valence-corrected chi connectivity index (χ4v) is 2.63. The lowest BCUT2D eigenvalue weighted by molar-refractivity contribution is 0.145. The summed E-state index contributed by atoms with van der Waals surface area (Å²) in [5.41, 5.74) is 2.86. The van der Waals surface area contributed by atoms with Crippen molar-refractivity contribution in [3.63, 3.8) is 0 Å². The minimum atomic E-state index is -0.291. The first-order valence-corrected chi connectivity index (χ1v) is 7.24. The molecule has 1 unspecified atom stereocenters. The van der Waals surface area contributed by atoms with E-state index in [1.807, 2.05) is 0 Å². The van der Waals surface area contributed by atoms with E-state index in [0.29, 0.717) is 11.3 Å². The minimum Gasteiger partial charge on any atom is -0.388 e. The topological polar surface area (TPSA) is 20.2 Å². The largest absolute Gasteiger partial charge is 0.388 e. The predicted octanol–water partition coefficient (Wildman–Crippen LogP) is 4.81. The monoisotopic (exact) mass is 246 g/mol. The van der Waals surface area contributed by atoms with E-state index in [0.717, 1.165) is 12.8 Å². The molecule has 2 rings (SSSR count). The molecular weight excluding hydrogens is 220 g/mol. The third-order valence-electron chi connectivity index (χ3n) is 4.07. The zero-order valence-electron chi connectivity index (χ0n) is 11.9. The molecule has 0 aliphatic heterocycles. The van der Waals surface area contributed by atoms with Gasteiger partial charge >= 0.3 is 0 Å². The fourth-order valence-electron chi connectivity index (χ4n) is 2.63. The normalized spacial score (nSPS) is 18.4. The Bertz CT molecular complexity index is 385. The second-order valence-corrected chi connectivity index (χ2v) is 6.87. The first-order chi connectivity index (χ1) is 8.47. The van der Waals surface area contributed by atoms with E-state index in [1.165, 1.54) is 30.4 Å². The Morgan fingerprint density at radius 3 is 2.44 bits per heavy atom. The maximum absolute atomic E-state index is 10.4. The number of benzene rings is 1. The standard InChI is InChI=1S/C17H26O/c1-17(2,3)12-11-16(18)15-10-5-4-9-14(15)13-7-6-8-13/h4-5,9-10,13,16,18H,6-8,11-12H2,1-3H3. The van der Waals surface area contributed by atoms with Crippen molar-refractivity contribution in [2.45, 2.75) is 64.9 Å². The van der Waals surface area contributed by atoms with Crippen molar-refractivity contribution in [1.29, 1.82) is 0 Å². The molecule has 100 valence electrons. The van der Waals surface area contributed by atoms with Crippen molar-refractivity contribution in [3.8, 4) is 0 Å². The third-order valence-corrected chi connectivity index (χ3v) is 4.07. The van der Waals surface area contributed by atoms with Crippen LogP contribution in [0.4, 0.5) is 0 Å². The molecular formula is C17H26O. The minimum absolute atomic E-state index is 0.291. The SMILES string of the molecule is CC(C)(C)CCC(O)c1ccccc1C1CCC1. The van der Waals surface area contributed by atoms with Crippen LogP contribution in [0.2, 0.25) is 0 Å². The van der Waals surface area contributed by atoms with E-state index < -0.39 is 0 Å². The Hall–Kier alpha value is -0.820. The van der Waals surface area contributed by atoms with Crippen molar-refractivity contribution in [3.05, 3.63) is 35.4 Å². The van der Waals surface area contributed by atoms with Gasteiger partial charge in [-0.15, -0.1) is 0 Å². The average Bonchev–Trinajstić information content (AvgIpc) is 2.23. The highest BCUT2D eigenvalue weighted by atomic mass is 16.3. The summed E-state index contributed by atoms with van der Waals surface area (Å²) in [5, 5.41) is 10.4. The van der Waals surface area contributed by atoms with Crippen LogP contribution in [0, 0.1) is 5.41 Å². The highest BCUT2D eigenvalue weighted by Crippen LogP contribution is 2.40. The van der Waals surface area contributed by atoms with Crippen LogP contribution in [-0.2, 0) is 0 Å². The van der Waals surface area contributed by atoms with Crippen LogP contribution >= 0.6 is 0 Å². The van der Waals surface area contributed by atoms with Crippen LogP contribution in [0.5, 0.6) is 0 Å². The highest BCUT2D eigenvalue weighted by molar-refractivity contribution is 5.33. The Morgan fingerprint density at radius 2 is 1.89 bits per heavy atom. The Morgan fingerprint density at radius 1 is 1.22 bits per heavy atom. The molecule has 0 spiro atoms. The lowest BCUT2D eigenvalue weighted by Crippen LogP contribution is -2.14. The first kappa shape index (κ1) is 13.6. The van der Waals surface area contributed by atoms with Crippen molar-refractivity contribution < 1.29 is 5.11 Å². The lowest BCUT2D eigenvalue weighted by atomic mass is 9.76. The third kappa shape index (κ3) is 3.35. The van der Waals surface area contributed by atoms with E-state index in [-0.39, 0.29) is 6.10 Å². The van der Waals surface area contributed by atoms with E-state index >= 15 is 0 Å². The molecule has 1 N–H and O–H groups in total. The van der Waals surface area contributed by atoms with Gasteiger partial charge < -0.3 is 5.11 Å². The van der Waals surface area contributed by atoms with Crippen LogP contribution in [0.15, 0.2) is 24.3 Å². The maximum Gasteiger partial charge on any atom is 0.0793 e. The number of hydrogen-bond donors (Lipinski definition) is 1. The van der Waals surface area contributed by atoms with Gasteiger partial charge in [0.25, 0.3) is 0 Å². The zero-order valence-corrected chi connectivity index (χ0v) is 11.9. The van der Waals surface area contributed by atoms with Gasteiger partial charge in [0.05, 0.1) is 6.10 Å². The molecule has 1 aromatic carbocycles. The molecule has 1 fully saturated rings. The summed E-state index contributed by atoms with van der Waals surface area (Å²) < 4.78 is 0. The van der Waals surface area contributed by atoms with Crippen molar-refractivity contribution >= 4 is 0 Å². The summed E-state index contributed by atoms with van der Waals surface area (Å²) in [7, 11) is 0. The quantitative estimate of drug-likeness (QED) is 0.808. The summed E-state index contributed by atoms with van der Waals surface area (Å²) >= 11 is 0. The molecule has 0 heterocycles. The van der Waals surface area contributed by atoms with Crippen LogP contribution in [-0.4, -0.2) is 5.11 Å². The molecule has 18 heavy (non-hydrogen) atoms. The second kappa shape index (κ2) is 5.44. The zero-order chi connectivity index (χ0) is 13.2. The lowest BCUT2D eigenvalue weighted by Gasteiger charge is -2.30. The van der Waals surface area contributed by atoms with E-state index in [2.05, 4.69) is 45.0 Å². The van der Waals surface area contributed by atoms with Gasteiger partial charge in [-0.3, -0.25) is 0 Å². The van der Waals surface area contributed by atoms with Crippen LogP contribution in [0.3, 0.4) is 0 Å². The molecule has 1 nitrogen and oxygen atoms in total. The number of rotatable bonds is 4. The molecule has 1 saturated carbocycles. The average molecular weight is 246 g/mol. The molecule has 0 aromatic heterocycles. The highest BCUT2D eigenvalue weighted by Gasteiger charge is 2.24. The number of hydrogen-bond acceptors (Lipinski definition) is 1. The van der Waals surface area contributed by atoms with Crippen molar-refractivity contribution in [1.82, 2.24) is 0 Å². The van der Waals surface area contributed by atoms with Gasteiger partial charge in [-0.1, -0.05) is 51.5 Å². The molecule has 1 aliphatic carbocycles.